The van der Waals surface area contributed by atoms with Gasteiger partial charge in [-0.15, -0.1) is 0 Å². The smallest absolute Gasteiger partial charge is 0.332 e. The number of carbonyl (C=O) groups is 1. The van der Waals surface area contributed by atoms with E-state index in [1.54, 1.807) is 0 Å². The largest absolute Gasteiger partial charge is 0.467 e. The molecule has 1 aliphatic heterocycles. The molecule has 1 unspecified atom stereocenters. The summed E-state index contributed by atoms with van der Waals surface area (Å²) in [5.41, 5.74) is 2.15. The standard InChI is InChI=1S/C15H16N2O2/c1-9-14-11(8-12(16-9)15(18)19-3)10-6-4-5-7-13(10)17(14)2/h4-8,12,16H,1-3H3. The lowest BCUT2D eigenvalue weighted by Crippen LogP contribution is -2.46. The quantitative estimate of drug-likeness (QED) is 0.743. The Morgan fingerprint density at radius 1 is 1.37 bits per heavy atom. The second kappa shape index (κ2) is 4.16. The Bertz CT molecular complexity index is 786. The fourth-order valence-electron chi connectivity index (χ4n) is 2.81. The summed E-state index contributed by atoms with van der Waals surface area (Å²) in [6.07, 6.45) is 1.94. The maximum atomic E-state index is 11.7. The summed E-state index contributed by atoms with van der Waals surface area (Å²) in [6.45, 7) is 1.99. The lowest BCUT2D eigenvalue weighted by molar-refractivity contribution is -0.141. The molecule has 0 radical (unpaired) electrons. The van der Waals surface area contributed by atoms with E-state index in [4.69, 9.17) is 4.74 Å². The third kappa shape index (κ3) is 1.63. The number of rotatable bonds is 1. The number of aromatic nitrogens is 1. The van der Waals surface area contributed by atoms with E-state index in [9.17, 15) is 4.79 Å². The molecule has 0 bridgehead atoms. The van der Waals surface area contributed by atoms with E-state index < -0.39 is 6.04 Å². The van der Waals surface area contributed by atoms with Gasteiger partial charge in [-0.25, -0.2) is 4.79 Å². The van der Waals surface area contributed by atoms with Crippen molar-refractivity contribution in [2.24, 2.45) is 7.05 Å². The first-order chi connectivity index (χ1) is 9.13. The van der Waals surface area contributed by atoms with Crippen molar-refractivity contribution >= 4 is 28.6 Å². The van der Waals surface area contributed by atoms with Crippen LogP contribution in [-0.2, 0) is 16.6 Å². The van der Waals surface area contributed by atoms with Crippen molar-refractivity contribution in [3.05, 3.63) is 34.8 Å². The van der Waals surface area contributed by atoms with Crippen molar-refractivity contribution in [3.63, 3.8) is 0 Å². The number of esters is 1. The number of fused-ring (bicyclic) bond motifs is 3. The molecule has 0 aliphatic carbocycles. The van der Waals surface area contributed by atoms with Gasteiger partial charge in [0, 0.05) is 28.9 Å². The number of methoxy groups -OCH3 is 1. The van der Waals surface area contributed by atoms with E-state index in [2.05, 4.69) is 22.0 Å². The van der Waals surface area contributed by atoms with Gasteiger partial charge in [0.25, 0.3) is 0 Å². The molecule has 1 N–H and O–H groups in total. The van der Waals surface area contributed by atoms with Crippen LogP contribution < -0.4 is 15.9 Å². The summed E-state index contributed by atoms with van der Waals surface area (Å²) in [4.78, 5) is 11.7. The molecule has 98 valence electrons. The van der Waals surface area contributed by atoms with Crippen molar-refractivity contribution in [1.82, 2.24) is 9.88 Å². The lowest BCUT2D eigenvalue weighted by atomic mass is 10.1. The first-order valence-electron chi connectivity index (χ1n) is 6.24. The lowest BCUT2D eigenvalue weighted by Gasteiger charge is -2.17. The Morgan fingerprint density at radius 3 is 2.84 bits per heavy atom. The summed E-state index contributed by atoms with van der Waals surface area (Å²) >= 11 is 0. The van der Waals surface area contributed by atoms with Gasteiger partial charge >= 0.3 is 5.97 Å². The van der Waals surface area contributed by atoms with Gasteiger partial charge in [0.15, 0.2) is 0 Å². The van der Waals surface area contributed by atoms with Gasteiger partial charge in [0.1, 0.15) is 6.04 Å². The summed E-state index contributed by atoms with van der Waals surface area (Å²) in [5, 5.41) is 6.58. The van der Waals surface area contributed by atoms with E-state index in [-0.39, 0.29) is 5.97 Å². The van der Waals surface area contributed by atoms with Gasteiger partial charge in [-0.2, -0.15) is 0 Å². The number of hydrogen-bond donors (Lipinski definition) is 1. The Hall–Kier alpha value is -2.23. The minimum atomic E-state index is -0.414. The van der Waals surface area contributed by atoms with Crippen LogP contribution in [0.1, 0.15) is 6.92 Å². The first kappa shape index (κ1) is 11.8. The number of para-hydroxylation sites is 1. The third-order valence-corrected chi connectivity index (χ3v) is 3.66. The molecule has 1 aromatic heterocycles. The van der Waals surface area contributed by atoms with E-state index in [0.717, 1.165) is 27.2 Å². The number of ether oxygens (including phenoxy) is 1. The van der Waals surface area contributed by atoms with E-state index >= 15 is 0 Å². The van der Waals surface area contributed by atoms with Gasteiger partial charge in [0.2, 0.25) is 0 Å². The molecule has 1 aliphatic rings. The molecular formula is C15H16N2O2. The molecule has 2 aromatic rings. The Morgan fingerprint density at radius 2 is 2.11 bits per heavy atom. The summed E-state index contributed by atoms with van der Waals surface area (Å²) < 4.78 is 6.97. The average molecular weight is 256 g/mol. The van der Waals surface area contributed by atoms with Crippen LogP contribution in [-0.4, -0.2) is 23.7 Å². The highest BCUT2D eigenvalue weighted by atomic mass is 16.5. The number of carbonyl (C=O) groups excluding carboxylic acids is 1. The minimum absolute atomic E-state index is 0.266. The van der Waals surface area contributed by atoms with Crippen LogP contribution in [0, 0.1) is 0 Å². The maximum Gasteiger partial charge on any atom is 0.332 e. The number of nitrogens with one attached hydrogen (secondary N) is 1. The predicted molar refractivity (Wildman–Crippen MR) is 74.7 cm³/mol. The summed E-state index contributed by atoms with van der Waals surface area (Å²) in [7, 11) is 3.45. The third-order valence-electron chi connectivity index (χ3n) is 3.66. The monoisotopic (exact) mass is 256 g/mol. The van der Waals surface area contributed by atoms with Crippen molar-refractivity contribution in [1.29, 1.82) is 0 Å². The Kier molecular flexibility index (Phi) is 2.59. The van der Waals surface area contributed by atoms with Crippen LogP contribution >= 0.6 is 0 Å². The van der Waals surface area contributed by atoms with Crippen LogP contribution in [0.3, 0.4) is 0 Å². The Balaban J connectivity index is 2.40. The molecule has 0 saturated carbocycles. The molecule has 4 heteroatoms. The van der Waals surface area contributed by atoms with Crippen LogP contribution in [0.4, 0.5) is 0 Å². The van der Waals surface area contributed by atoms with Gasteiger partial charge in [-0.05, 0) is 19.1 Å². The topological polar surface area (TPSA) is 43.3 Å². The fourth-order valence-corrected chi connectivity index (χ4v) is 2.81. The Labute approximate surface area is 111 Å². The van der Waals surface area contributed by atoms with E-state index in [1.807, 2.05) is 32.2 Å². The number of aryl methyl sites for hydroxylation is 1. The molecule has 0 fully saturated rings. The SMILES string of the molecule is COC(=O)C1C=c2c(n(C)c3ccccc23)=C(C)N1. The first-order valence-corrected chi connectivity index (χ1v) is 6.24. The molecular weight excluding hydrogens is 240 g/mol. The van der Waals surface area contributed by atoms with Gasteiger partial charge < -0.3 is 14.6 Å². The van der Waals surface area contributed by atoms with Gasteiger partial charge in [0.05, 0.1) is 12.5 Å². The summed E-state index contributed by atoms with van der Waals surface area (Å²) in [6, 6.07) is 7.79. The molecule has 0 spiro atoms. The maximum absolute atomic E-state index is 11.7. The van der Waals surface area contributed by atoms with E-state index in [0.29, 0.717) is 0 Å². The van der Waals surface area contributed by atoms with Gasteiger partial charge in [-0.1, -0.05) is 18.2 Å². The molecule has 2 heterocycles. The molecule has 0 saturated heterocycles. The highest BCUT2D eigenvalue weighted by Crippen LogP contribution is 2.09. The molecule has 0 amide bonds. The zero-order chi connectivity index (χ0) is 13.6. The zero-order valence-electron chi connectivity index (χ0n) is 11.2. The normalized spacial score (nSPS) is 17.6. The fraction of sp³-hybridized carbons (Fsp3) is 0.267. The average Bonchev–Trinajstić information content (AvgIpc) is 2.72. The number of nitrogens with zero attached hydrogens (tertiary/aromatic N) is 1. The van der Waals surface area contributed by atoms with Crippen molar-refractivity contribution in [3.8, 4) is 0 Å². The molecule has 3 rings (SSSR count). The van der Waals surface area contributed by atoms with E-state index in [1.165, 1.54) is 7.11 Å². The van der Waals surface area contributed by atoms with Crippen LogP contribution in [0.15, 0.2) is 24.3 Å². The highest BCUT2D eigenvalue weighted by Gasteiger charge is 2.21. The second-order valence-electron chi connectivity index (χ2n) is 4.78. The van der Waals surface area contributed by atoms with Crippen molar-refractivity contribution in [2.75, 3.05) is 7.11 Å². The van der Waals surface area contributed by atoms with Crippen LogP contribution in [0.2, 0.25) is 0 Å². The molecule has 1 aromatic carbocycles. The van der Waals surface area contributed by atoms with Crippen LogP contribution in [0.5, 0.6) is 0 Å². The summed E-state index contributed by atoms with van der Waals surface area (Å²) in [5.74, 6) is -0.266. The highest BCUT2D eigenvalue weighted by molar-refractivity contribution is 5.89. The van der Waals surface area contributed by atoms with Crippen molar-refractivity contribution in [2.45, 2.75) is 13.0 Å². The zero-order valence-corrected chi connectivity index (χ0v) is 11.2. The minimum Gasteiger partial charge on any atom is -0.467 e. The van der Waals surface area contributed by atoms with Crippen molar-refractivity contribution < 1.29 is 9.53 Å². The number of hydrogen-bond acceptors (Lipinski definition) is 3. The number of benzene rings is 1. The van der Waals surface area contributed by atoms with Gasteiger partial charge in [-0.3, -0.25) is 0 Å². The predicted octanol–water partition coefficient (Wildman–Crippen LogP) is 0.232. The molecule has 4 nitrogen and oxygen atoms in total. The molecule has 1 atom stereocenters. The molecule has 19 heavy (non-hydrogen) atoms. The second-order valence-corrected chi connectivity index (χ2v) is 4.78. The van der Waals surface area contributed by atoms with Crippen LogP contribution in [0.25, 0.3) is 22.7 Å².